The third kappa shape index (κ3) is 3.76. The van der Waals surface area contributed by atoms with E-state index in [1.807, 2.05) is 39.8 Å². The maximum atomic E-state index is 12.8. The fourth-order valence-electron chi connectivity index (χ4n) is 3.51. The number of amides is 1. The molecule has 6 heteroatoms. The van der Waals surface area contributed by atoms with Gasteiger partial charge in [0.15, 0.2) is 5.43 Å². The molecule has 0 saturated carbocycles. The summed E-state index contributed by atoms with van der Waals surface area (Å²) in [4.78, 5) is 29.1. The molecule has 1 saturated heterocycles. The predicted molar refractivity (Wildman–Crippen MR) is 111 cm³/mol. The molecule has 1 aliphatic rings. The molecule has 27 heavy (non-hydrogen) atoms. The molecule has 2 aromatic carbocycles. The average molecular weight is 426 g/mol. The molecule has 3 aromatic rings. The molecule has 4 rings (SSSR count). The summed E-state index contributed by atoms with van der Waals surface area (Å²) in [5.41, 5.74) is 1.94. The van der Waals surface area contributed by atoms with E-state index in [0.717, 1.165) is 23.1 Å². The Morgan fingerprint density at radius 3 is 2.44 bits per heavy atom. The average Bonchev–Trinajstić information content (AvgIpc) is 2.71. The minimum Gasteiger partial charge on any atom is -0.368 e. The van der Waals surface area contributed by atoms with E-state index < -0.39 is 0 Å². The highest BCUT2D eigenvalue weighted by atomic mass is 79.9. The number of hydrogen-bond donors (Lipinski definition) is 0. The Hall–Kier alpha value is -2.60. The summed E-state index contributed by atoms with van der Waals surface area (Å²) in [6.45, 7) is 3.29. The second-order valence-electron chi connectivity index (χ2n) is 6.67. The zero-order chi connectivity index (χ0) is 18.8. The first-order chi connectivity index (χ1) is 13.1. The van der Waals surface area contributed by atoms with Gasteiger partial charge in [-0.1, -0.05) is 34.1 Å². The number of halogens is 1. The summed E-state index contributed by atoms with van der Waals surface area (Å²) in [7, 11) is 0. The maximum Gasteiger partial charge on any atom is 0.242 e. The monoisotopic (exact) mass is 425 g/mol. The Morgan fingerprint density at radius 1 is 0.963 bits per heavy atom. The first kappa shape index (κ1) is 17.8. The number of carbonyl (C=O) groups is 1. The molecule has 1 aromatic heterocycles. The van der Waals surface area contributed by atoms with Crippen molar-refractivity contribution in [3.63, 3.8) is 0 Å². The summed E-state index contributed by atoms with van der Waals surface area (Å²) in [5, 5.41) is 0.627. The van der Waals surface area contributed by atoms with Crippen molar-refractivity contribution in [2.24, 2.45) is 0 Å². The van der Waals surface area contributed by atoms with Gasteiger partial charge in [0.2, 0.25) is 5.91 Å². The fourth-order valence-corrected chi connectivity index (χ4v) is 3.86. The van der Waals surface area contributed by atoms with Crippen LogP contribution in [0.2, 0.25) is 0 Å². The smallest absolute Gasteiger partial charge is 0.242 e. The molecule has 0 N–H and O–H groups in total. The number of aromatic nitrogens is 1. The van der Waals surface area contributed by atoms with Crippen LogP contribution in [0.1, 0.15) is 0 Å². The largest absolute Gasteiger partial charge is 0.368 e. The first-order valence-electron chi connectivity index (χ1n) is 8.98. The highest BCUT2D eigenvalue weighted by Gasteiger charge is 2.21. The highest BCUT2D eigenvalue weighted by Crippen LogP contribution is 2.19. The van der Waals surface area contributed by atoms with Gasteiger partial charge in [-0.3, -0.25) is 9.59 Å². The van der Waals surface area contributed by atoms with Crippen molar-refractivity contribution in [2.75, 3.05) is 31.1 Å². The second-order valence-corrected chi connectivity index (χ2v) is 7.59. The molecule has 138 valence electrons. The molecular weight excluding hydrogens is 406 g/mol. The van der Waals surface area contributed by atoms with Crippen LogP contribution in [0.3, 0.4) is 0 Å². The Kier molecular flexibility index (Phi) is 4.99. The number of benzene rings is 2. The SMILES string of the molecule is O=C(Cn1ccc(=O)c2ccc(Br)cc21)N1CCN(c2ccccc2)CC1. The minimum absolute atomic E-state index is 0.0299. The number of anilines is 1. The molecule has 0 aliphatic carbocycles. The minimum atomic E-state index is -0.0299. The Balaban J connectivity index is 1.48. The van der Waals surface area contributed by atoms with Crippen molar-refractivity contribution in [3.8, 4) is 0 Å². The van der Waals surface area contributed by atoms with Gasteiger partial charge in [-0.15, -0.1) is 0 Å². The van der Waals surface area contributed by atoms with Crippen LogP contribution >= 0.6 is 15.9 Å². The molecule has 1 amide bonds. The number of carbonyl (C=O) groups excluding carboxylic acids is 1. The van der Waals surface area contributed by atoms with Crippen LogP contribution in [-0.4, -0.2) is 41.6 Å². The predicted octanol–water partition coefficient (Wildman–Crippen LogP) is 3.11. The number of nitrogens with zero attached hydrogens (tertiary/aromatic N) is 3. The first-order valence-corrected chi connectivity index (χ1v) is 9.77. The van der Waals surface area contributed by atoms with Gasteiger partial charge in [-0.2, -0.15) is 0 Å². The van der Waals surface area contributed by atoms with E-state index in [-0.39, 0.29) is 17.9 Å². The lowest BCUT2D eigenvalue weighted by molar-refractivity contribution is -0.132. The van der Waals surface area contributed by atoms with Crippen LogP contribution in [0.15, 0.2) is 70.1 Å². The molecule has 5 nitrogen and oxygen atoms in total. The molecule has 0 bridgehead atoms. The van der Waals surface area contributed by atoms with Gasteiger partial charge in [0.25, 0.3) is 0 Å². The van der Waals surface area contributed by atoms with Crippen LogP contribution in [0.5, 0.6) is 0 Å². The lowest BCUT2D eigenvalue weighted by Crippen LogP contribution is -2.49. The maximum absolute atomic E-state index is 12.8. The zero-order valence-electron chi connectivity index (χ0n) is 14.8. The molecule has 0 spiro atoms. The summed E-state index contributed by atoms with van der Waals surface area (Å²) in [6, 6.07) is 17.3. The Morgan fingerprint density at radius 2 is 1.70 bits per heavy atom. The van der Waals surface area contributed by atoms with E-state index in [9.17, 15) is 9.59 Å². The van der Waals surface area contributed by atoms with E-state index in [1.165, 1.54) is 11.8 Å². The Labute approximate surface area is 165 Å². The molecule has 2 heterocycles. The zero-order valence-corrected chi connectivity index (χ0v) is 16.4. The topological polar surface area (TPSA) is 45.6 Å². The van der Waals surface area contributed by atoms with E-state index in [0.29, 0.717) is 18.5 Å². The van der Waals surface area contributed by atoms with E-state index in [4.69, 9.17) is 0 Å². The van der Waals surface area contributed by atoms with Gasteiger partial charge < -0.3 is 14.4 Å². The van der Waals surface area contributed by atoms with Gasteiger partial charge >= 0.3 is 0 Å². The summed E-state index contributed by atoms with van der Waals surface area (Å²) in [6.07, 6.45) is 1.70. The number of pyridine rings is 1. The summed E-state index contributed by atoms with van der Waals surface area (Å²) >= 11 is 3.45. The normalized spacial score (nSPS) is 14.6. The number of piperazine rings is 1. The van der Waals surface area contributed by atoms with Gasteiger partial charge in [0.1, 0.15) is 6.54 Å². The number of para-hydroxylation sites is 1. The molecule has 1 fully saturated rings. The molecule has 0 atom stereocenters. The van der Waals surface area contributed by atoms with Crippen molar-refractivity contribution in [1.29, 1.82) is 0 Å². The van der Waals surface area contributed by atoms with Crippen LogP contribution in [0, 0.1) is 0 Å². The van der Waals surface area contributed by atoms with Crippen LogP contribution in [0.25, 0.3) is 10.9 Å². The van der Waals surface area contributed by atoms with Gasteiger partial charge in [-0.05, 0) is 30.3 Å². The third-order valence-electron chi connectivity index (χ3n) is 5.00. The standard InChI is InChI=1S/C21H20BrN3O2/c22-16-6-7-18-19(14-16)25(9-8-20(18)26)15-21(27)24-12-10-23(11-13-24)17-4-2-1-3-5-17/h1-9,14H,10-13,15H2. The molecule has 1 aliphatic heterocycles. The lowest BCUT2D eigenvalue weighted by Gasteiger charge is -2.36. The Bertz CT molecular complexity index is 1020. The van der Waals surface area contributed by atoms with Crippen molar-refractivity contribution >= 4 is 38.4 Å². The van der Waals surface area contributed by atoms with E-state index >= 15 is 0 Å². The highest BCUT2D eigenvalue weighted by molar-refractivity contribution is 9.10. The van der Waals surface area contributed by atoms with Gasteiger partial charge in [0, 0.05) is 54.0 Å². The second kappa shape index (κ2) is 7.56. The van der Waals surface area contributed by atoms with Crippen molar-refractivity contribution in [2.45, 2.75) is 6.54 Å². The van der Waals surface area contributed by atoms with Gasteiger partial charge in [0.05, 0.1) is 5.52 Å². The van der Waals surface area contributed by atoms with Crippen LogP contribution in [-0.2, 0) is 11.3 Å². The molecular formula is C21H20BrN3O2. The molecule has 0 radical (unpaired) electrons. The fraction of sp³-hybridized carbons (Fsp3) is 0.238. The third-order valence-corrected chi connectivity index (χ3v) is 5.49. The number of hydrogen-bond acceptors (Lipinski definition) is 3. The van der Waals surface area contributed by atoms with Gasteiger partial charge in [-0.25, -0.2) is 0 Å². The number of fused-ring (bicyclic) bond motifs is 1. The van der Waals surface area contributed by atoms with E-state index in [2.05, 4.69) is 33.0 Å². The number of rotatable bonds is 3. The van der Waals surface area contributed by atoms with Crippen molar-refractivity contribution in [3.05, 3.63) is 75.5 Å². The van der Waals surface area contributed by atoms with Crippen LogP contribution < -0.4 is 10.3 Å². The van der Waals surface area contributed by atoms with Crippen molar-refractivity contribution in [1.82, 2.24) is 9.47 Å². The summed E-state index contributed by atoms with van der Waals surface area (Å²) in [5.74, 6) is 0.0765. The lowest BCUT2D eigenvalue weighted by atomic mass is 10.2. The summed E-state index contributed by atoms with van der Waals surface area (Å²) < 4.78 is 2.74. The molecule has 0 unspecified atom stereocenters. The quantitative estimate of drug-likeness (QED) is 0.647. The van der Waals surface area contributed by atoms with Crippen LogP contribution in [0.4, 0.5) is 5.69 Å². The van der Waals surface area contributed by atoms with Crippen molar-refractivity contribution < 1.29 is 4.79 Å². The van der Waals surface area contributed by atoms with E-state index in [1.54, 1.807) is 12.3 Å².